The lowest BCUT2D eigenvalue weighted by molar-refractivity contribution is 0.468. The minimum Gasteiger partial charge on any atom is -0.438 e. The van der Waals surface area contributed by atoms with Crippen LogP contribution >= 0.6 is 33.9 Å². The molecule has 0 aliphatic rings. The molecule has 0 amide bonds. The van der Waals surface area contributed by atoms with E-state index in [0.717, 1.165) is 16.0 Å². The second-order valence-electron chi connectivity index (χ2n) is 4.20. The molecule has 0 aliphatic heterocycles. The molecule has 0 saturated carbocycles. The molecule has 0 aliphatic carbocycles. The average Bonchev–Trinajstić information content (AvgIpc) is 2.69. The third-order valence-electron chi connectivity index (χ3n) is 2.96. The molecule has 3 nitrogen and oxygen atoms in total. The quantitative estimate of drug-likeness (QED) is 0.603. The molecule has 0 radical (unpaired) electrons. The van der Waals surface area contributed by atoms with E-state index in [1.54, 1.807) is 17.7 Å². The number of benzene rings is 1. The summed E-state index contributed by atoms with van der Waals surface area (Å²) >= 11 is 3.94. The number of aromatic nitrogens is 2. The monoisotopic (exact) mass is 382 g/mol. The van der Waals surface area contributed by atoms with Crippen LogP contribution < -0.4 is 4.74 Å². The predicted molar refractivity (Wildman–Crippen MR) is 86.1 cm³/mol. The van der Waals surface area contributed by atoms with Crippen molar-refractivity contribution < 1.29 is 4.74 Å². The lowest BCUT2D eigenvalue weighted by Crippen LogP contribution is -1.90. The highest BCUT2D eigenvalue weighted by molar-refractivity contribution is 14.1. The van der Waals surface area contributed by atoms with Gasteiger partial charge in [0.05, 0.1) is 5.39 Å². The number of ether oxygens (including phenoxy) is 1. The summed E-state index contributed by atoms with van der Waals surface area (Å²) < 4.78 is 7.07. The summed E-state index contributed by atoms with van der Waals surface area (Å²) in [5, 5.41) is 1.02. The van der Waals surface area contributed by atoms with E-state index in [-0.39, 0.29) is 0 Å². The van der Waals surface area contributed by atoms with Crippen molar-refractivity contribution in [3.63, 3.8) is 0 Å². The fourth-order valence-corrected chi connectivity index (χ4v) is 3.19. The van der Waals surface area contributed by atoms with Gasteiger partial charge in [-0.1, -0.05) is 0 Å². The fraction of sp³-hybridized carbons (Fsp3) is 0.143. The molecule has 0 unspecified atom stereocenters. The Morgan fingerprint density at radius 2 is 1.84 bits per heavy atom. The maximum Gasteiger partial charge on any atom is 0.231 e. The second-order valence-corrected chi connectivity index (χ2v) is 6.65. The maximum atomic E-state index is 5.89. The Kier molecular flexibility index (Phi) is 3.40. The minimum atomic E-state index is 0.632. The van der Waals surface area contributed by atoms with Crippen LogP contribution in [0.25, 0.3) is 10.2 Å². The van der Waals surface area contributed by atoms with Crippen molar-refractivity contribution in [3.05, 3.63) is 44.6 Å². The van der Waals surface area contributed by atoms with Crippen LogP contribution in [0.3, 0.4) is 0 Å². The largest absolute Gasteiger partial charge is 0.438 e. The summed E-state index contributed by atoms with van der Waals surface area (Å²) in [5.74, 6) is 1.43. The third-order valence-corrected chi connectivity index (χ3v) is 4.79. The van der Waals surface area contributed by atoms with Gasteiger partial charge in [0.1, 0.15) is 16.9 Å². The molecular weight excluding hydrogens is 371 g/mol. The molecule has 96 valence electrons. The Hall–Kier alpha value is -1.21. The number of fused-ring (bicyclic) bond motifs is 1. The highest BCUT2D eigenvalue weighted by atomic mass is 127. The van der Waals surface area contributed by atoms with Gasteiger partial charge in [-0.25, -0.2) is 9.97 Å². The first-order valence-corrected chi connectivity index (χ1v) is 7.69. The first kappa shape index (κ1) is 12.8. The van der Waals surface area contributed by atoms with Crippen LogP contribution in [0.15, 0.2) is 30.6 Å². The van der Waals surface area contributed by atoms with E-state index in [4.69, 9.17) is 4.74 Å². The molecule has 0 fully saturated rings. The molecule has 3 aromatic rings. The molecule has 0 saturated heterocycles. The zero-order chi connectivity index (χ0) is 13.4. The maximum absolute atomic E-state index is 5.89. The van der Waals surface area contributed by atoms with Crippen molar-refractivity contribution in [3.8, 4) is 11.6 Å². The summed E-state index contributed by atoms with van der Waals surface area (Å²) in [6.07, 6.45) is 1.56. The van der Waals surface area contributed by atoms with Crippen molar-refractivity contribution in [2.45, 2.75) is 13.8 Å². The normalized spacial score (nSPS) is 10.9. The molecule has 2 heterocycles. The van der Waals surface area contributed by atoms with E-state index in [9.17, 15) is 0 Å². The van der Waals surface area contributed by atoms with Gasteiger partial charge in [-0.15, -0.1) is 11.3 Å². The minimum absolute atomic E-state index is 0.632. The molecule has 3 rings (SSSR count). The first-order chi connectivity index (χ1) is 9.15. The zero-order valence-electron chi connectivity index (χ0n) is 10.5. The molecule has 0 spiro atoms. The number of aryl methyl sites for hydroxylation is 2. The number of nitrogens with zero attached hydrogens (tertiary/aromatic N) is 2. The molecule has 1 aromatic carbocycles. The van der Waals surface area contributed by atoms with Crippen LogP contribution in [0.1, 0.15) is 10.4 Å². The van der Waals surface area contributed by atoms with Gasteiger partial charge in [0, 0.05) is 8.45 Å². The lowest BCUT2D eigenvalue weighted by Gasteiger charge is -2.06. The third kappa shape index (κ3) is 2.44. The molecule has 19 heavy (non-hydrogen) atoms. The van der Waals surface area contributed by atoms with E-state index in [0.29, 0.717) is 5.88 Å². The van der Waals surface area contributed by atoms with Gasteiger partial charge in [-0.3, -0.25) is 0 Å². The van der Waals surface area contributed by atoms with E-state index in [2.05, 4.69) is 46.4 Å². The van der Waals surface area contributed by atoms with Crippen LogP contribution in [0.4, 0.5) is 0 Å². The smallest absolute Gasteiger partial charge is 0.231 e. The van der Waals surface area contributed by atoms with Crippen molar-refractivity contribution in [2.75, 3.05) is 0 Å². The highest BCUT2D eigenvalue weighted by Crippen LogP contribution is 2.35. The van der Waals surface area contributed by atoms with E-state index in [1.807, 2.05) is 24.3 Å². The second kappa shape index (κ2) is 5.05. The van der Waals surface area contributed by atoms with Gasteiger partial charge in [0.15, 0.2) is 0 Å². The first-order valence-electron chi connectivity index (χ1n) is 5.79. The van der Waals surface area contributed by atoms with Crippen LogP contribution in [0.5, 0.6) is 11.6 Å². The number of rotatable bonds is 2. The summed E-state index contributed by atoms with van der Waals surface area (Å²) in [5.41, 5.74) is 1.20. The van der Waals surface area contributed by atoms with Crippen LogP contribution in [-0.4, -0.2) is 9.97 Å². The molecular formula is C14H11IN2OS. The lowest BCUT2D eigenvalue weighted by atomic mass is 10.2. The van der Waals surface area contributed by atoms with E-state index >= 15 is 0 Å². The summed E-state index contributed by atoms with van der Waals surface area (Å²) in [4.78, 5) is 10.8. The Morgan fingerprint density at radius 1 is 1.11 bits per heavy atom. The van der Waals surface area contributed by atoms with Gasteiger partial charge in [-0.05, 0) is 66.3 Å². The summed E-state index contributed by atoms with van der Waals surface area (Å²) in [6.45, 7) is 4.18. The Balaban J connectivity index is 2.07. The Labute approximate surface area is 128 Å². The molecule has 0 atom stereocenters. The van der Waals surface area contributed by atoms with E-state index in [1.165, 1.54) is 14.0 Å². The molecule has 0 N–H and O–H groups in total. The van der Waals surface area contributed by atoms with Gasteiger partial charge >= 0.3 is 0 Å². The van der Waals surface area contributed by atoms with E-state index < -0.39 is 0 Å². The van der Waals surface area contributed by atoms with Crippen LogP contribution in [-0.2, 0) is 0 Å². The highest BCUT2D eigenvalue weighted by Gasteiger charge is 2.13. The van der Waals surface area contributed by atoms with Crippen molar-refractivity contribution in [1.82, 2.24) is 9.97 Å². The van der Waals surface area contributed by atoms with Crippen molar-refractivity contribution in [1.29, 1.82) is 0 Å². The fourth-order valence-electron chi connectivity index (χ4n) is 1.84. The van der Waals surface area contributed by atoms with Gasteiger partial charge in [-0.2, -0.15) is 0 Å². The molecule has 5 heteroatoms. The van der Waals surface area contributed by atoms with Crippen molar-refractivity contribution in [2.24, 2.45) is 0 Å². The summed E-state index contributed by atoms with van der Waals surface area (Å²) in [7, 11) is 0. The van der Waals surface area contributed by atoms with Crippen molar-refractivity contribution >= 4 is 44.1 Å². The standard InChI is InChI=1S/C14H11IN2OS/c1-8-9(2)19-14-12(8)13(16-7-17-14)18-11-5-3-10(15)4-6-11/h3-7H,1-2H3. The van der Waals surface area contributed by atoms with Gasteiger partial charge in [0.25, 0.3) is 0 Å². The average molecular weight is 382 g/mol. The molecule has 0 bridgehead atoms. The van der Waals surface area contributed by atoms with Crippen LogP contribution in [0, 0.1) is 17.4 Å². The Morgan fingerprint density at radius 3 is 2.58 bits per heavy atom. The van der Waals surface area contributed by atoms with Crippen LogP contribution in [0.2, 0.25) is 0 Å². The van der Waals surface area contributed by atoms with Gasteiger partial charge in [0.2, 0.25) is 5.88 Å². The zero-order valence-corrected chi connectivity index (χ0v) is 13.4. The number of hydrogen-bond donors (Lipinski definition) is 0. The molecule has 2 aromatic heterocycles. The topological polar surface area (TPSA) is 35.0 Å². The number of halogens is 1. The summed E-state index contributed by atoms with van der Waals surface area (Å²) in [6, 6.07) is 7.93. The number of thiophene rings is 1. The SMILES string of the molecule is Cc1sc2ncnc(Oc3ccc(I)cc3)c2c1C. The van der Waals surface area contributed by atoms with Gasteiger partial charge < -0.3 is 4.74 Å². The number of hydrogen-bond acceptors (Lipinski definition) is 4. The Bertz CT molecular complexity index is 737. The predicted octanol–water partition coefficient (Wildman–Crippen LogP) is 4.71.